The van der Waals surface area contributed by atoms with Crippen molar-refractivity contribution in [2.75, 3.05) is 14.2 Å². The second kappa shape index (κ2) is 7.63. The molecule has 0 spiro atoms. The van der Waals surface area contributed by atoms with Gasteiger partial charge in [0.2, 0.25) is 0 Å². The lowest BCUT2D eigenvalue weighted by atomic mass is 10.1. The van der Waals surface area contributed by atoms with Crippen LogP contribution in [0.4, 0.5) is 4.39 Å². The maximum Gasteiger partial charge on any atom is 0.188 e. The van der Waals surface area contributed by atoms with Gasteiger partial charge >= 0.3 is 0 Å². The number of benzene rings is 1. The van der Waals surface area contributed by atoms with Crippen molar-refractivity contribution in [3.63, 3.8) is 0 Å². The van der Waals surface area contributed by atoms with E-state index in [4.69, 9.17) is 9.47 Å². The molecule has 1 aromatic carbocycles. The average molecular weight is 459 g/mol. The van der Waals surface area contributed by atoms with Crippen molar-refractivity contribution in [2.24, 2.45) is 0 Å². The molecule has 0 aliphatic carbocycles. The van der Waals surface area contributed by atoms with Crippen molar-refractivity contribution in [3.8, 4) is 28.4 Å². The maximum atomic E-state index is 14.9. The van der Waals surface area contributed by atoms with Crippen molar-refractivity contribution in [2.45, 2.75) is 30.4 Å². The van der Waals surface area contributed by atoms with Crippen molar-refractivity contribution in [3.05, 3.63) is 54.9 Å². The Bertz CT molecular complexity index is 1400. The first-order valence-corrected chi connectivity index (χ1v) is 11.2. The Hall–Kier alpha value is -3.40. The van der Waals surface area contributed by atoms with Crippen LogP contribution in [0.5, 0.6) is 11.5 Å². The molecule has 0 radical (unpaired) electrons. The van der Waals surface area contributed by atoms with Gasteiger partial charge in [0.05, 0.1) is 30.9 Å². The molecule has 3 aromatic heterocycles. The van der Waals surface area contributed by atoms with Gasteiger partial charge in [0.25, 0.3) is 0 Å². The van der Waals surface area contributed by atoms with Crippen LogP contribution >= 0.6 is 0 Å². The minimum Gasteiger partial charge on any atom is -0.495 e. The van der Waals surface area contributed by atoms with Crippen LogP contribution in [0.15, 0.2) is 53.9 Å². The van der Waals surface area contributed by atoms with Crippen LogP contribution in [0.2, 0.25) is 0 Å². The lowest BCUT2D eigenvalue weighted by molar-refractivity contribution is 0.384. The molecule has 168 valence electrons. The molecule has 0 saturated heterocycles. The molecular formula is C22H23FN4O4S. The minimum atomic E-state index is -3.73. The summed E-state index contributed by atoms with van der Waals surface area (Å²) in [4.78, 5) is 4.39. The molecule has 8 nitrogen and oxygen atoms in total. The zero-order chi connectivity index (χ0) is 23.3. The number of imidazole rings is 1. The Balaban J connectivity index is 1.98. The predicted molar refractivity (Wildman–Crippen MR) is 118 cm³/mol. The number of hydrogen-bond donors (Lipinski definition) is 0. The van der Waals surface area contributed by atoms with Gasteiger partial charge < -0.3 is 9.47 Å². The highest BCUT2D eigenvalue weighted by Crippen LogP contribution is 2.36. The van der Waals surface area contributed by atoms with E-state index in [1.54, 1.807) is 62.0 Å². The molecule has 10 heteroatoms. The molecule has 0 aliphatic rings. The highest BCUT2D eigenvalue weighted by molar-refractivity contribution is 7.92. The zero-order valence-electron chi connectivity index (χ0n) is 18.3. The Morgan fingerprint density at radius 2 is 1.84 bits per heavy atom. The second-order valence-electron chi connectivity index (χ2n) is 8.15. The van der Waals surface area contributed by atoms with Crippen LogP contribution in [0, 0.1) is 5.82 Å². The number of fused-ring (bicyclic) bond motifs is 1. The normalized spacial score (nSPS) is 12.3. The van der Waals surface area contributed by atoms with E-state index < -0.39 is 20.4 Å². The summed E-state index contributed by atoms with van der Waals surface area (Å²) in [6.07, 6.45) is 6.27. The number of rotatable bonds is 5. The van der Waals surface area contributed by atoms with Gasteiger partial charge in [-0.05, 0) is 39.0 Å². The summed E-state index contributed by atoms with van der Waals surface area (Å²) in [6, 6.07) is 6.29. The van der Waals surface area contributed by atoms with Crippen LogP contribution in [0.25, 0.3) is 22.6 Å². The smallest absolute Gasteiger partial charge is 0.188 e. The fraction of sp³-hybridized carbons (Fsp3) is 0.273. The van der Waals surface area contributed by atoms with Crippen molar-refractivity contribution < 1.29 is 22.3 Å². The third kappa shape index (κ3) is 3.40. The summed E-state index contributed by atoms with van der Waals surface area (Å²) >= 11 is 0. The predicted octanol–water partition coefficient (Wildman–Crippen LogP) is 3.92. The minimum absolute atomic E-state index is 0.0283. The zero-order valence-corrected chi connectivity index (χ0v) is 19.1. The van der Waals surface area contributed by atoms with Gasteiger partial charge in [-0.1, -0.05) is 0 Å². The summed E-state index contributed by atoms with van der Waals surface area (Å²) in [7, 11) is -0.938. The van der Waals surface area contributed by atoms with Crippen molar-refractivity contribution >= 4 is 15.5 Å². The largest absolute Gasteiger partial charge is 0.495 e. The Kier molecular flexibility index (Phi) is 5.20. The number of nitrogens with zero attached hydrogens (tertiary/aromatic N) is 4. The molecule has 0 N–H and O–H groups in total. The van der Waals surface area contributed by atoms with Gasteiger partial charge in [0.15, 0.2) is 21.4 Å². The van der Waals surface area contributed by atoms with Crippen LogP contribution in [-0.4, -0.2) is 46.5 Å². The molecule has 32 heavy (non-hydrogen) atoms. The van der Waals surface area contributed by atoms with E-state index in [0.29, 0.717) is 22.6 Å². The summed E-state index contributed by atoms with van der Waals surface area (Å²) < 4.78 is 53.9. The monoisotopic (exact) mass is 458 g/mol. The highest BCUT2D eigenvalue weighted by atomic mass is 32.2. The number of methoxy groups -OCH3 is 2. The Morgan fingerprint density at radius 3 is 2.44 bits per heavy atom. The fourth-order valence-corrected chi connectivity index (χ4v) is 4.71. The quantitative estimate of drug-likeness (QED) is 0.451. The average Bonchev–Trinajstić information content (AvgIpc) is 3.41. The number of ether oxygens (including phenoxy) is 2. The molecule has 0 amide bonds. The first-order valence-electron chi connectivity index (χ1n) is 9.76. The molecule has 0 aliphatic heterocycles. The van der Waals surface area contributed by atoms with Crippen LogP contribution in [-0.2, 0) is 9.84 Å². The van der Waals surface area contributed by atoms with E-state index in [9.17, 15) is 12.8 Å². The standard InChI is InChI=1S/C22H23FN4O4S/c1-22(2,3)32(28,29)19-13-26-17(12-24-20(26)11-18(19)30-4)14-9-15(23)21(31-5)16(10-14)27-8-6-7-25-27/h6-13H,1-5H3. The lowest BCUT2D eigenvalue weighted by Crippen LogP contribution is -2.28. The first kappa shape index (κ1) is 21.8. The molecule has 0 saturated carbocycles. The second-order valence-corrected chi connectivity index (χ2v) is 10.8. The van der Waals surface area contributed by atoms with E-state index in [1.807, 2.05) is 0 Å². The number of hydrogen-bond acceptors (Lipinski definition) is 6. The van der Waals surface area contributed by atoms with Crippen LogP contribution in [0.3, 0.4) is 0 Å². The van der Waals surface area contributed by atoms with E-state index in [-0.39, 0.29) is 16.4 Å². The topological polar surface area (TPSA) is 87.7 Å². The lowest BCUT2D eigenvalue weighted by Gasteiger charge is -2.21. The summed E-state index contributed by atoms with van der Waals surface area (Å²) in [5.41, 5.74) is 1.84. The van der Waals surface area contributed by atoms with Crippen molar-refractivity contribution in [1.29, 1.82) is 0 Å². The number of halogens is 1. The molecule has 0 fully saturated rings. The van der Waals surface area contributed by atoms with E-state index >= 15 is 0 Å². The van der Waals surface area contributed by atoms with Gasteiger partial charge in [-0.25, -0.2) is 22.5 Å². The molecule has 0 atom stereocenters. The number of aromatic nitrogens is 4. The van der Waals surface area contributed by atoms with E-state index in [0.717, 1.165) is 0 Å². The van der Waals surface area contributed by atoms with Gasteiger partial charge in [0, 0.05) is 30.2 Å². The summed E-state index contributed by atoms with van der Waals surface area (Å²) in [6.45, 7) is 4.86. The van der Waals surface area contributed by atoms with Crippen LogP contribution in [0.1, 0.15) is 20.8 Å². The summed E-state index contributed by atoms with van der Waals surface area (Å²) in [5.74, 6) is -0.340. The molecule has 0 unspecified atom stereocenters. The molecule has 3 heterocycles. The first-order chi connectivity index (χ1) is 15.1. The number of pyridine rings is 1. The van der Waals surface area contributed by atoms with E-state index in [1.165, 1.54) is 31.2 Å². The Labute approximate surface area is 185 Å². The SMILES string of the molecule is COc1cc2ncc(-c3cc(F)c(OC)c(-n4cccn4)c3)n2cc1S(=O)(=O)C(C)(C)C. The van der Waals surface area contributed by atoms with Gasteiger partial charge in [0.1, 0.15) is 22.0 Å². The van der Waals surface area contributed by atoms with Crippen molar-refractivity contribution in [1.82, 2.24) is 19.2 Å². The molecular weight excluding hydrogens is 435 g/mol. The van der Waals surface area contributed by atoms with E-state index in [2.05, 4.69) is 10.1 Å². The number of sulfone groups is 1. The third-order valence-electron chi connectivity index (χ3n) is 5.17. The molecule has 0 bridgehead atoms. The third-order valence-corrected chi connectivity index (χ3v) is 7.66. The highest BCUT2D eigenvalue weighted by Gasteiger charge is 2.34. The molecule has 4 rings (SSSR count). The summed E-state index contributed by atoms with van der Waals surface area (Å²) in [5, 5.41) is 4.17. The Morgan fingerprint density at radius 1 is 1.09 bits per heavy atom. The van der Waals surface area contributed by atoms with Gasteiger partial charge in [-0.15, -0.1) is 0 Å². The van der Waals surface area contributed by atoms with Gasteiger partial charge in [-0.3, -0.25) is 4.40 Å². The molecule has 4 aromatic rings. The van der Waals surface area contributed by atoms with Gasteiger partial charge in [-0.2, -0.15) is 5.10 Å². The fourth-order valence-electron chi connectivity index (χ4n) is 3.40. The van der Waals surface area contributed by atoms with Crippen LogP contribution < -0.4 is 9.47 Å². The maximum absolute atomic E-state index is 14.9.